The number of carbonyl (C=O) groups excluding carboxylic acids is 1. The summed E-state index contributed by atoms with van der Waals surface area (Å²) in [5.74, 6) is 0.237. The molecule has 5 nitrogen and oxygen atoms in total. The summed E-state index contributed by atoms with van der Waals surface area (Å²) in [6.07, 6.45) is 1.63. The molecular formula is C20H15N2O3-. The average molecular weight is 331 g/mol. The number of rotatable bonds is 6. The van der Waals surface area contributed by atoms with E-state index in [1.165, 1.54) is 12.1 Å². The van der Waals surface area contributed by atoms with Crippen molar-refractivity contribution in [1.82, 2.24) is 0 Å². The maximum atomic E-state index is 10.8. The molecule has 3 rings (SSSR count). The first kappa shape index (κ1) is 16.3. The minimum absolute atomic E-state index is 0.0958. The van der Waals surface area contributed by atoms with E-state index in [4.69, 9.17) is 4.74 Å². The van der Waals surface area contributed by atoms with Crippen molar-refractivity contribution in [3.05, 3.63) is 90.0 Å². The molecule has 5 heteroatoms. The molecule has 25 heavy (non-hydrogen) atoms. The van der Waals surface area contributed by atoms with Gasteiger partial charge >= 0.3 is 0 Å². The van der Waals surface area contributed by atoms with E-state index in [9.17, 15) is 9.90 Å². The molecule has 0 saturated heterocycles. The number of para-hydroxylation sites is 1. The Morgan fingerprint density at radius 1 is 0.920 bits per heavy atom. The predicted octanol–water partition coefficient (Wildman–Crippen LogP) is 3.29. The normalized spacial score (nSPS) is 10.6. The van der Waals surface area contributed by atoms with Gasteiger partial charge in [0, 0.05) is 0 Å². The van der Waals surface area contributed by atoms with E-state index in [2.05, 4.69) is 10.5 Å². The lowest BCUT2D eigenvalue weighted by atomic mass is 10.2. The monoisotopic (exact) mass is 331 g/mol. The fourth-order valence-electron chi connectivity index (χ4n) is 2.18. The highest BCUT2D eigenvalue weighted by Gasteiger charge is 1.98. The van der Waals surface area contributed by atoms with E-state index < -0.39 is 5.97 Å². The Labute approximate surface area is 145 Å². The number of nitrogens with one attached hydrogen (secondary N) is 1. The lowest BCUT2D eigenvalue weighted by Gasteiger charge is -2.06. The van der Waals surface area contributed by atoms with Gasteiger partial charge in [-0.25, -0.2) is 0 Å². The van der Waals surface area contributed by atoms with Gasteiger partial charge in [0.2, 0.25) is 0 Å². The fraction of sp³-hybridized carbons (Fsp3) is 0. The van der Waals surface area contributed by atoms with Crippen LogP contribution in [-0.4, -0.2) is 12.2 Å². The number of anilines is 1. The number of carboxylic acid groups (broad SMARTS) is 1. The Hall–Kier alpha value is -3.60. The van der Waals surface area contributed by atoms with Crippen molar-refractivity contribution in [2.45, 2.75) is 0 Å². The van der Waals surface area contributed by atoms with Crippen LogP contribution in [0.2, 0.25) is 0 Å². The van der Waals surface area contributed by atoms with Crippen molar-refractivity contribution in [3.8, 4) is 11.5 Å². The lowest BCUT2D eigenvalue weighted by molar-refractivity contribution is -0.255. The second-order valence-electron chi connectivity index (χ2n) is 5.23. The van der Waals surface area contributed by atoms with Gasteiger partial charge in [0.15, 0.2) is 0 Å². The van der Waals surface area contributed by atoms with Crippen molar-refractivity contribution in [3.63, 3.8) is 0 Å². The third-order valence-corrected chi connectivity index (χ3v) is 3.34. The van der Waals surface area contributed by atoms with E-state index in [1.807, 2.05) is 54.6 Å². The van der Waals surface area contributed by atoms with Crippen LogP contribution in [0.25, 0.3) is 0 Å². The fourth-order valence-corrected chi connectivity index (χ4v) is 2.18. The van der Waals surface area contributed by atoms with Crippen molar-refractivity contribution in [2.75, 3.05) is 5.43 Å². The van der Waals surface area contributed by atoms with E-state index >= 15 is 0 Å². The maximum Gasteiger partial charge on any atom is 0.128 e. The molecule has 0 atom stereocenters. The van der Waals surface area contributed by atoms with Crippen molar-refractivity contribution in [2.24, 2.45) is 5.10 Å². The Morgan fingerprint density at radius 2 is 1.68 bits per heavy atom. The molecule has 3 aromatic carbocycles. The quantitative estimate of drug-likeness (QED) is 0.555. The molecule has 0 fully saturated rings. The molecule has 0 saturated carbocycles. The molecular weight excluding hydrogens is 316 g/mol. The number of nitrogens with zero attached hydrogens (tertiary/aromatic N) is 1. The highest BCUT2D eigenvalue weighted by Crippen LogP contribution is 2.21. The van der Waals surface area contributed by atoms with Gasteiger partial charge in [0.05, 0.1) is 17.9 Å². The maximum absolute atomic E-state index is 10.8. The Balaban J connectivity index is 1.66. The smallest absolute Gasteiger partial charge is 0.128 e. The van der Waals surface area contributed by atoms with Crippen LogP contribution in [0, 0.1) is 0 Å². The molecule has 0 unspecified atom stereocenters. The number of hydrogen-bond acceptors (Lipinski definition) is 5. The molecule has 124 valence electrons. The first-order valence-corrected chi connectivity index (χ1v) is 7.64. The molecule has 3 aromatic rings. The van der Waals surface area contributed by atoms with Gasteiger partial charge < -0.3 is 14.6 Å². The summed E-state index contributed by atoms with van der Waals surface area (Å²) in [4.78, 5) is 10.8. The zero-order chi connectivity index (χ0) is 17.5. The summed E-state index contributed by atoms with van der Waals surface area (Å²) in [5, 5.41) is 15.0. The highest BCUT2D eigenvalue weighted by atomic mass is 16.5. The van der Waals surface area contributed by atoms with E-state index in [0.717, 1.165) is 11.3 Å². The summed E-state index contributed by atoms with van der Waals surface area (Å²) in [6, 6.07) is 23.3. The van der Waals surface area contributed by atoms with Crippen LogP contribution in [0.4, 0.5) is 5.69 Å². The van der Waals surface area contributed by atoms with Crippen molar-refractivity contribution in [1.29, 1.82) is 0 Å². The summed E-state index contributed by atoms with van der Waals surface area (Å²) < 4.78 is 5.77. The zero-order valence-electron chi connectivity index (χ0n) is 13.3. The van der Waals surface area contributed by atoms with Crippen molar-refractivity contribution >= 4 is 17.9 Å². The lowest BCUT2D eigenvalue weighted by Crippen LogP contribution is -2.22. The average Bonchev–Trinajstić information content (AvgIpc) is 2.63. The summed E-state index contributed by atoms with van der Waals surface area (Å²) in [6.45, 7) is 0. The molecule has 0 bridgehead atoms. The zero-order valence-corrected chi connectivity index (χ0v) is 13.3. The van der Waals surface area contributed by atoms with Gasteiger partial charge in [-0.15, -0.1) is 0 Å². The van der Waals surface area contributed by atoms with Gasteiger partial charge in [-0.1, -0.05) is 42.5 Å². The molecule has 0 spiro atoms. The topological polar surface area (TPSA) is 73.8 Å². The van der Waals surface area contributed by atoms with Gasteiger partial charge in [0.1, 0.15) is 11.5 Å². The first-order valence-electron chi connectivity index (χ1n) is 7.64. The summed E-state index contributed by atoms with van der Waals surface area (Å²) >= 11 is 0. The third kappa shape index (κ3) is 4.68. The SMILES string of the molecule is O=C([O-])c1cccc(N/N=C\c2cccc(Oc3ccccc3)c2)c1. The third-order valence-electron chi connectivity index (χ3n) is 3.34. The van der Waals surface area contributed by atoms with Gasteiger partial charge in [0.25, 0.3) is 0 Å². The molecule has 0 amide bonds. The minimum atomic E-state index is -1.22. The van der Waals surface area contributed by atoms with E-state index in [1.54, 1.807) is 18.3 Å². The van der Waals surface area contributed by atoms with E-state index in [-0.39, 0.29) is 5.56 Å². The second kappa shape index (κ2) is 7.79. The number of carboxylic acids is 1. The highest BCUT2D eigenvalue weighted by molar-refractivity contribution is 5.87. The number of ether oxygens (including phenoxy) is 1. The molecule has 0 radical (unpaired) electrons. The van der Waals surface area contributed by atoms with Crippen LogP contribution < -0.4 is 15.3 Å². The van der Waals surface area contributed by atoms with E-state index in [0.29, 0.717) is 11.4 Å². The molecule has 1 N–H and O–H groups in total. The number of hydrogen-bond donors (Lipinski definition) is 1. The van der Waals surface area contributed by atoms with Gasteiger partial charge in [-0.2, -0.15) is 5.10 Å². The standard InChI is InChI=1S/C20H16N2O3/c23-20(24)16-7-5-8-17(13-16)22-21-14-15-6-4-11-19(12-15)25-18-9-2-1-3-10-18/h1-14,22H,(H,23,24)/p-1/b21-14-. The van der Waals surface area contributed by atoms with Crippen LogP contribution >= 0.6 is 0 Å². The van der Waals surface area contributed by atoms with Crippen LogP contribution in [-0.2, 0) is 0 Å². The van der Waals surface area contributed by atoms with Crippen LogP contribution in [0.3, 0.4) is 0 Å². The Morgan fingerprint density at radius 3 is 2.48 bits per heavy atom. The molecule has 0 aliphatic carbocycles. The Kier molecular flexibility index (Phi) is 5.07. The first-order chi connectivity index (χ1) is 12.2. The molecule has 0 aliphatic heterocycles. The number of benzene rings is 3. The summed E-state index contributed by atoms with van der Waals surface area (Å²) in [5.41, 5.74) is 4.30. The second-order valence-corrected chi connectivity index (χ2v) is 5.23. The molecule has 0 aliphatic rings. The largest absolute Gasteiger partial charge is 0.545 e. The number of aromatic carboxylic acids is 1. The predicted molar refractivity (Wildman–Crippen MR) is 94.9 cm³/mol. The van der Waals surface area contributed by atoms with Crippen molar-refractivity contribution < 1.29 is 14.6 Å². The minimum Gasteiger partial charge on any atom is -0.545 e. The van der Waals surface area contributed by atoms with Gasteiger partial charge in [-0.3, -0.25) is 5.43 Å². The van der Waals surface area contributed by atoms with Gasteiger partial charge in [-0.05, 0) is 47.5 Å². The Bertz CT molecular complexity index is 892. The van der Waals surface area contributed by atoms with Crippen LogP contribution in [0.5, 0.6) is 11.5 Å². The molecule has 0 heterocycles. The van der Waals surface area contributed by atoms with Crippen LogP contribution in [0.1, 0.15) is 15.9 Å². The summed E-state index contributed by atoms with van der Waals surface area (Å²) in [7, 11) is 0. The van der Waals surface area contributed by atoms with Crippen LogP contribution in [0.15, 0.2) is 84.0 Å². The number of carbonyl (C=O) groups is 1. The molecule has 0 aromatic heterocycles. The number of hydrazone groups is 1.